The molecule has 0 saturated heterocycles. The molecule has 3 rings (SSSR count). The third-order valence-electron chi connectivity index (χ3n) is 6.10. The average molecular weight is 380 g/mol. The number of carbonyl (C=O) groups is 1. The molecule has 1 fully saturated rings. The fraction of sp³-hybridized carbons (Fsp3) is 0.632. The normalized spacial score (nSPS) is 28.7. The van der Waals surface area contributed by atoms with Crippen molar-refractivity contribution in [3.63, 3.8) is 0 Å². The quantitative estimate of drug-likeness (QED) is 0.837. The van der Waals surface area contributed by atoms with Gasteiger partial charge in [-0.15, -0.1) is 0 Å². The highest BCUT2D eigenvalue weighted by atomic mass is 32.2. The molecule has 7 heteroatoms. The number of carbonyl (C=O) groups excluding carboxylic acids is 1. The van der Waals surface area contributed by atoms with Crippen molar-refractivity contribution in [3.8, 4) is 0 Å². The number of hydrogen-bond acceptors (Lipinski definition) is 4. The van der Waals surface area contributed by atoms with Crippen LogP contribution in [0.3, 0.4) is 0 Å². The minimum absolute atomic E-state index is 0.0335. The van der Waals surface area contributed by atoms with Crippen molar-refractivity contribution >= 4 is 21.6 Å². The maximum absolute atomic E-state index is 12.6. The largest absolute Gasteiger partial charge is 0.359 e. The fourth-order valence-corrected chi connectivity index (χ4v) is 4.85. The maximum atomic E-state index is 12.6. The summed E-state index contributed by atoms with van der Waals surface area (Å²) in [6, 6.07) is 5.30. The Morgan fingerprint density at radius 1 is 1.27 bits per heavy atom. The number of fused-ring (bicyclic) bond motifs is 1. The van der Waals surface area contributed by atoms with Crippen LogP contribution in [0.4, 0.5) is 5.69 Å². The molecule has 1 saturated carbocycles. The predicted molar refractivity (Wildman–Crippen MR) is 102 cm³/mol. The molecule has 0 spiro atoms. The van der Waals surface area contributed by atoms with Crippen LogP contribution in [0.5, 0.6) is 0 Å². The first-order chi connectivity index (χ1) is 12.2. The monoisotopic (exact) mass is 379 g/mol. The summed E-state index contributed by atoms with van der Waals surface area (Å²) in [5.41, 5.74) is 1.85. The molecule has 1 amide bonds. The zero-order valence-corrected chi connectivity index (χ0v) is 16.6. The molecule has 1 aliphatic heterocycles. The number of hydrogen-bond donors (Lipinski definition) is 2. The molecule has 3 N–H and O–H groups in total. The highest BCUT2D eigenvalue weighted by Gasteiger charge is 2.31. The zero-order valence-electron chi connectivity index (χ0n) is 15.7. The lowest BCUT2D eigenvalue weighted by molar-refractivity contribution is -0.121. The van der Waals surface area contributed by atoms with E-state index in [9.17, 15) is 13.2 Å². The van der Waals surface area contributed by atoms with Crippen LogP contribution in [-0.2, 0) is 21.2 Å². The standard InChI is InChI=1S/C19H29N3O3S/c1-12-5-4-6-17(14(12)3)21-19(23)11-22-13(2)9-15-10-16(26(20,24)25)7-8-18(15)22/h7-8,10,12-14,17H,4-6,9,11H2,1-3H3,(H,21,23)(H2,20,24,25)/t12-,13+,14-,17-/m1/s1. The molecular weight excluding hydrogens is 350 g/mol. The van der Waals surface area contributed by atoms with Gasteiger partial charge in [-0.25, -0.2) is 13.6 Å². The fourth-order valence-electron chi connectivity index (χ4n) is 4.28. The predicted octanol–water partition coefficient (Wildman–Crippen LogP) is 2.03. The molecule has 0 bridgehead atoms. The van der Waals surface area contributed by atoms with Crippen molar-refractivity contribution in [2.45, 2.75) is 63.4 Å². The number of rotatable bonds is 4. The lowest BCUT2D eigenvalue weighted by atomic mass is 9.78. The van der Waals surface area contributed by atoms with Crippen molar-refractivity contribution in [1.29, 1.82) is 0 Å². The van der Waals surface area contributed by atoms with E-state index in [1.165, 1.54) is 12.5 Å². The Balaban J connectivity index is 1.70. The number of primary sulfonamides is 1. The second-order valence-electron chi connectivity index (χ2n) is 7.96. The van der Waals surface area contributed by atoms with Gasteiger partial charge in [0.1, 0.15) is 0 Å². The molecule has 0 aromatic heterocycles. The highest BCUT2D eigenvalue weighted by molar-refractivity contribution is 7.89. The molecule has 0 unspecified atom stereocenters. The lowest BCUT2D eigenvalue weighted by Gasteiger charge is -2.35. The second kappa shape index (κ2) is 7.19. The van der Waals surface area contributed by atoms with E-state index in [1.807, 2.05) is 0 Å². The van der Waals surface area contributed by atoms with Crippen LogP contribution in [0.25, 0.3) is 0 Å². The molecule has 2 aliphatic rings. The van der Waals surface area contributed by atoms with E-state index in [4.69, 9.17) is 5.14 Å². The Kier molecular flexibility index (Phi) is 5.30. The summed E-state index contributed by atoms with van der Waals surface area (Å²) in [6.07, 6.45) is 4.15. The van der Waals surface area contributed by atoms with Crippen LogP contribution in [-0.4, -0.2) is 33.0 Å². The van der Waals surface area contributed by atoms with Gasteiger partial charge in [-0.3, -0.25) is 4.79 Å². The summed E-state index contributed by atoms with van der Waals surface area (Å²) in [6.45, 7) is 6.82. The van der Waals surface area contributed by atoms with Gasteiger partial charge < -0.3 is 10.2 Å². The molecule has 26 heavy (non-hydrogen) atoms. The van der Waals surface area contributed by atoms with Gasteiger partial charge in [0.2, 0.25) is 15.9 Å². The van der Waals surface area contributed by atoms with E-state index in [0.717, 1.165) is 24.1 Å². The van der Waals surface area contributed by atoms with Crippen LogP contribution in [0.1, 0.15) is 45.6 Å². The van der Waals surface area contributed by atoms with Gasteiger partial charge >= 0.3 is 0 Å². The molecule has 1 aromatic rings. The molecule has 4 atom stereocenters. The van der Waals surface area contributed by atoms with Crippen LogP contribution < -0.4 is 15.4 Å². The van der Waals surface area contributed by atoms with Gasteiger partial charge in [0.15, 0.2) is 0 Å². The van der Waals surface area contributed by atoms with Crippen molar-refractivity contribution in [2.75, 3.05) is 11.4 Å². The van der Waals surface area contributed by atoms with E-state index in [0.29, 0.717) is 24.8 Å². The SMILES string of the molecule is C[C@@H]1[C@H](C)CCC[C@H]1NC(=O)CN1c2ccc(S(N)(=O)=O)cc2C[C@@H]1C. The number of nitrogens with zero attached hydrogens (tertiary/aromatic N) is 1. The van der Waals surface area contributed by atoms with E-state index < -0.39 is 10.0 Å². The molecule has 144 valence electrons. The Bertz CT molecular complexity index is 793. The van der Waals surface area contributed by atoms with Gasteiger partial charge in [0, 0.05) is 17.8 Å². The van der Waals surface area contributed by atoms with E-state index >= 15 is 0 Å². The van der Waals surface area contributed by atoms with E-state index in [1.54, 1.807) is 12.1 Å². The minimum atomic E-state index is -3.71. The van der Waals surface area contributed by atoms with Gasteiger partial charge in [-0.1, -0.05) is 26.7 Å². The number of amides is 1. The summed E-state index contributed by atoms with van der Waals surface area (Å²) in [7, 11) is -3.71. The molecule has 1 heterocycles. The Morgan fingerprint density at radius 3 is 2.69 bits per heavy atom. The highest BCUT2D eigenvalue weighted by Crippen LogP contribution is 2.34. The molecule has 0 radical (unpaired) electrons. The van der Waals surface area contributed by atoms with Crippen LogP contribution in [0.15, 0.2) is 23.1 Å². The summed E-state index contributed by atoms with van der Waals surface area (Å²) in [5.74, 6) is 1.16. The first-order valence-corrected chi connectivity index (χ1v) is 10.9. The van der Waals surface area contributed by atoms with Crippen molar-refractivity contribution < 1.29 is 13.2 Å². The summed E-state index contributed by atoms with van der Waals surface area (Å²) in [4.78, 5) is 14.8. The third-order valence-corrected chi connectivity index (χ3v) is 7.01. The van der Waals surface area contributed by atoms with Crippen molar-refractivity contribution in [3.05, 3.63) is 23.8 Å². The summed E-state index contributed by atoms with van der Waals surface area (Å²) in [5, 5.41) is 8.44. The van der Waals surface area contributed by atoms with Crippen molar-refractivity contribution in [2.24, 2.45) is 17.0 Å². The second-order valence-corrected chi connectivity index (χ2v) is 9.52. The first-order valence-electron chi connectivity index (χ1n) is 9.38. The summed E-state index contributed by atoms with van der Waals surface area (Å²) < 4.78 is 23.1. The van der Waals surface area contributed by atoms with E-state index in [-0.39, 0.29) is 22.9 Å². The van der Waals surface area contributed by atoms with Gasteiger partial charge in [-0.2, -0.15) is 0 Å². The molecule has 6 nitrogen and oxygen atoms in total. The minimum Gasteiger partial charge on any atom is -0.359 e. The molecule has 1 aromatic carbocycles. The van der Waals surface area contributed by atoms with Crippen LogP contribution >= 0.6 is 0 Å². The Morgan fingerprint density at radius 2 is 2.00 bits per heavy atom. The first kappa shape index (κ1) is 19.2. The van der Waals surface area contributed by atoms with E-state index in [2.05, 4.69) is 31.0 Å². The van der Waals surface area contributed by atoms with Gasteiger partial charge in [0.05, 0.1) is 11.4 Å². The molecular formula is C19H29N3O3S. The topological polar surface area (TPSA) is 92.5 Å². The Hall–Kier alpha value is -1.60. The molecule has 1 aliphatic carbocycles. The summed E-state index contributed by atoms with van der Waals surface area (Å²) >= 11 is 0. The van der Waals surface area contributed by atoms with Gasteiger partial charge in [0.25, 0.3) is 0 Å². The number of anilines is 1. The third kappa shape index (κ3) is 3.88. The van der Waals surface area contributed by atoms with Gasteiger partial charge in [-0.05, 0) is 55.4 Å². The zero-order chi connectivity index (χ0) is 19.1. The average Bonchev–Trinajstić information content (AvgIpc) is 2.86. The number of sulfonamides is 1. The van der Waals surface area contributed by atoms with Crippen LogP contribution in [0.2, 0.25) is 0 Å². The maximum Gasteiger partial charge on any atom is 0.239 e. The number of nitrogens with two attached hydrogens (primary N) is 1. The number of benzene rings is 1. The lowest BCUT2D eigenvalue weighted by Crippen LogP contribution is -2.48. The van der Waals surface area contributed by atoms with Crippen molar-refractivity contribution in [1.82, 2.24) is 5.32 Å². The van der Waals surface area contributed by atoms with Crippen LogP contribution in [0, 0.1) is 11.8 Å². The number of nitrogens with one attached hydrogen (secondary N) is 1. The smallest absolute Gasteiger partial charge is 0.239 e. The Labute approximate surface area is 156 Å².